The van der Waals surface area contributed by atoms with Crippen molar-refractivity contribution in [2.75, 3.05) is 0 Å². The fraction of sp³-hybridized carbons (Fsp3) is 0. The molecule has 0 saturated heterocycles. The summed E-state index contributed by atoms with van der Waals surface area (Å²) in [5.41, 5.74) is 7.83. The Morgan fingerprint density at radius 3 is 1.58 bits per heavy atom. The molecule has 0 aliphatic carbocycles. The summed E-state index contributed by atoms with van der Waals surface area (Å²) in [5, 5.41) is 3.55. The van der Waals surface area contributed by atoms with Crippen LogP contribution >= 0.6 is 0 Å². The molecule has 7 aromatic rings. The first-order valence-electron chi connectivity index (χ1n) is 12.7. The zero-order valence-electron chi connectivity index (χ0n) is 20.6. The van der Waals surface area contributed by atoms with Gasteiger partial charge >= 0.3 is 0 Å². The van der Waals surface area contributed by atoms with Crippen LogP contribution in [0.1, 0.15) is 0 Å². The summed E-state index contributed by atoms with van der Waals surface area (Å²) < 4.78 is 0. The van der Waals surface area contributed by atoms with Gasteiger partial charge in [-0.3, -0.25) is 0 Å². The number of fused-ring (bicyclic) bond motifs is 2. The molecular formula is C35H23N3. The van der Waals surface area contributed by atoms with Crippen molar-refractivity contribution >= 4 is 21.7 Å². The molecule has 0 bridgehead atoms. The quantitative estimate of drug-likeness (QED) is 0.234. The van der Waals surface area contributed by atoms with Gasteiger partial charge in [-0.05, 0) is 41.1 Å². The summed E-state index contributed by atoms with van der Waals surface area (Å²) in [7, 11) is 0. The Kier molecular flexibility index (Phi) is 5.45. The van der Waals surface area contributed by atoms with Crippen molar-refractivity contribution in [2.45, 2.75) is 0 Å². The van der Waals surface area contributed by atoms with Gasteiger partial charge in [-0.15, -0.1) is 0 Å². The van der Waals surface area contributed by atoms with E-state index in [0.29, 0.717) is 5.82 Å². The number of nitrogens with zero attached hydrogens (tertiary/aromatic N) is 3. The van der Waals surface area contributed by atoms with E-state index in [1.54, 1.807) is 0 Å². The van der Waals surface area contributed by atoms with Gasteiger partial charge in [0.25, 0.3) is 0 Å². The largest absolute Gasteiger partial charge is 0.248 e. The summed E-state index contributed by atoms with van der Waals surface area (Å²) in [5.74, 6) is 0.693. The van der Waals surface area contributed by atoms with E-state index in [1.807, 2.05) is 36.4 Å². The number of pyridine rings is 1. The van der Waals surface area contributed by atoms with Crippen molar-refractivity contribution in [3.8, 4) is 45.2 Å². The fourth-order valence-electron chi connectivity index (χ4n) is 4.88. The van der Waals surface area contributed by atoms with Gasteiger partial charge in [0.2, 0.25) is 0 Å². The lowest BCUT2D eigenvalue weighted by Crippen LogP contribution is -1.96. The standard InChI is InChI=1S/C35H23N3/c1-3-10-24(11-4-1)33-23-34(25-12-5-2-6-13-25)38-35(37-33)30-17-9-16-28(21-30)31-19-18-29-20-26-14-7-8-15-27(26)22-32(29)36-31/h1-23H. The molecule has 0 aliphatic heterocycles. The Labute approximate surface area is 221 Å². The summed E-state index contributed by atoms with van der Waals surface area (Å²) in [6.07, 6.45) is 0. The van der Waals surface area contributed by atoms with E-state index < -0.39 is 0 Å². The fourth-order valence-corrected chi connectivity index (χ4v) is 4.88. The number of aromatic nitrogens is 3. The van der Waals surface area contributed by atoms with E-state index in [0.717, 1.165) is 50.2 Å². The number of benzene rings is 5. The van der Waals surface area contributed by atoms with Crippen LogP contribution in [0, 0.1) is 0 Å². The highest BCUT2D eigenvalue weighted by molar-refractivity contribution is 5.97. The van der Waals surface area contributed by atoms with E-state index in [-0.39, 0.29) is 0 Å². The molecule has 0 spiro atoms. The zero-order valence-corrected chi connectivity index (χ0v) is 20.6. The van der Waals surface area contributed by atoms with Crippen molar-refractivity contribution in [2.24, 2.45) is 0 Å². The van der Waals surface area contributed by atoms with Gasteiger partial charge in [0.1, 0.15) is 0 Å². The molecule has 3 nitrogen and oxygen atoms in total. The molecule has 2 heterocycles. The average molecular weight is 486 g/mol. The first kappa shape index (κ1) is 22.1. The third kappa shape index (κ3) is 4.21. The molecule has 0 saturated carbocycles. The van der Waals surface area contributed by atoms with Gasteiger partial charge in [-0.25, -0.2) is 15.0 Å². The smallest absolute Gasteiger partial charge is 0.160 e. The van der Waals surface area contributed by atoms with Crippen LogP contribution in [-0.4, -0.2) is 15.0 Å². The second kappa shape index (κ2) is 9.38. The Hall–Kier alpha value is -5.15. The lowest BCUT2D eigenvalue weighted by molar-refractivity contribution is 1.18. The molecule has 7 rings (SSSR count). The maximum Gasteiger partial charge on any atom is 0.160 e. The highest BCUT2D eigenvalue weighted by Crippen LogP contribution is 2.30. The lowest BCUT2D eigenvalue weighted by atomic mass is 10.0. The van der Waals surface area contributed by atoms with Crippen LogP contribution in [0.4, 0.5) is 0 Å². The summed E-state index contributed by atoms with van der Waals surface area (Å²) in [6, 6.07) is 47.9. The lowest BCUT2D eigenvalue weighted by Gasteiger charge is -2.10. The topological polar surface area (TPSA) is 38.7 Å². The predicted molar refractivity (Wildman–Crippen MR) is 157 cm³/mol. The number of rotatable bonds is 4. The van der Waals surface area contributed by atoms with E-state index in [1.165, 1.54) is 10.8 Å². The van der Waals surface area contributed by atoms with E-state index in [2.05, 4.69) is 103 Å². The molecule has 3 heteroatoms. The van der Waals surface area contributed by atoms with Crippen LogP contribution in [0.5, 0.6) is 0 Å². The average Bonchev–Trinajstić information content (AvgIpc) is 3.00. The van der Waals surface area contributed by atoms with Crippen molar-refractivity contribution in [1.29, 1.82) is 0 Å². The highest BCUT2D eigenvalue weighted by Gasteiger charge is 2.12. The first-order chi connectivity index (χ1) is 18.8. The molecule has 5 aromatic carbocycles. The molecule has 0 radical (unpaired) electrons. The van der Waals surface area contributed by atoms with Gasteiger partial charge in [0, 0.05) is 27.6 Å². The zero-order chi connectivity index (χ0) is 25.3. The number of hydrogen-bond donors (Lipinski definition) is 0. The number of hydrogen-bond acceptors (Lipinski definition) is 3. The Balaban J connectivity index is 1.34. The summed E-state index contributed by atoms with van der Waals surface area (Å²) >= 11 is 0. The van der Waals surface area contributed by atoms with Crippen LogP contribution < -0.4 is 0 Å². The molecule has 2 aromatic heterocycles. The van der Waals surface area contributed by atoms with Gasteiger partial charge < -0.3 is 0 Å². The van der Waals surface area contributed by atoms with Gasteiger partial charge in [-0.2, -0.15) is 0 Å². The highest BCUT2D eigenvalue weighted by atomic mass is 14.9. The maximum absolute atomic E-state index is 5.02. The minimum Gasteiger partial charge on any atom is -0.248 e. The third-order valence-corrected chi connectivity index (χ3v) is 6.84. The molecule has 0 N–H and O–H groups in total. The van der Waals surface area contributed by atoms with Crippen LogP contribution in [0.2, 0.25) is 0 Å². The Bertz CT molecular complexity index is 1850. The SMILES string of the molecule is c1ccc(-c2cc(-c3ccccc3)nc(-c3cccc(-c4ccc5cc6ccccc6cc5n4)c3)n2)cc1. The van der Waals surface area contributed by atoms with E-state index in [4.69, 9.17) is 15.0 Å². The Morgan fingerprint density at radius 2 is 0.895 bits per heavy atom. The van der Waals surface area contributed by atoms with Crippen molar-refractivity contribution in [3.63, 3.8) is 0 Å². The van der Waals surface area contributed by atoms with Crippen LogP contribution in [0.25, 0.3) is 66.8 Å². The summed E-state index contributed by atoms with van der Waals surface area (Å²) in [6.45, 7) is 0. The van der Waals surface area contributed by atoms with Gasteiger partial charge in [0.05, 0.1) is 22.6 Å². The van der Waals surface area contributed by atoms with Gasteiger partial charge in [-0.1, -0.05) is 109 Å². The third-order valence-electron chi connectivity index (χ3n) is 6.84. The molecule has 0 amide bonds. The van der Waals surface area contributed by atoms with E-state index >= 15 is 0 Å². The second-order valence-corrected chi connectivity index (χ2v) is 9.36. The van der Waals surface area contributed by atoms with Crippen LogP contribution in [0.15, 0.2) is 140 Å². The van der Waals surface area contributed by atoms with Gasteiger partial charge in [0.15, 0.2) is 5.82 Å². The van der Waals surface area contributed by atoms with Crippen LogP contribution in [0.3, 0.4) is 0 Å². The molecule has 0 fully saturated rings. The monoisotopic (exact) mass is 485 g/mol. The predicted octanol–water partition coefficient (Wildman–Crippen LogP) is 8.85. The molecular weight excluding hydrogens is 462 g/mol. The first-order valence-corrected chi connectivity index (χ1v) is 12.7. The van der Waals surface area contributed by atoms with Crippen molar-refractivity contribution in [3.05, 3.63) is 140 Å². The molecule has 0 aliphatic rings. The van der Waals surface area contributed by atoms with E-state index in [9.17, 15) is 0 Å². The molecule has 0 unspecified atom stereocenters. The molecule has 178 valence electrons. The normalized spacial score (nSPS) is 11.2. The maximum atomic E-state index is 5.02. The Morgan fingerprint density at radius 1 is 0.316 bits per heavy atom. The van der Waals surface area contributed by atoms with Crippen LogP contribution in [-0.2, 0) is 0 Å². The minimum absolute atomic E-state index is 0.693. The van der Waals surface area contributed by atoms with Crippen molar-refractivity contribution < 1.29 is 0 Å². The second-order valence-electron chi connectivity index (χ2n) is 9.36. The molecule has 38 heavy (non-hydrogen) atoms. The summed E-state index contributed by atoms with van der Waals surface area (Å²) in [4.78, 5) is 15.0. The molecule has 0 atom stereocenters. The van der Waals surface area contributed by atoms with Crippen molar-refractivity contribution in [1.82, 2.24) is 15.0 Å². The minimum atomic E-state index is 0.693.